The largest absolute Gasteiger partial charge is 0.455 e. The molecule has 0 aliphatic carbocycles. The van der Waals surface area contributed by atoms with Crippen molar-refractivity contribution in [3.8, 4) is 0 Å². The molecule has 1 aliphatic rings. The van der Waals surface area contributed by atoms with Crippen LogP contribution in [0, 0.1) is 5.92 Å². The Bertz CT molecular complexity index is 200. The molecule has 0 aromatic carbocycles. The Kier molecular flexibility index (Phi) is 3.70. The van der Waals surface area contributed by atoms with Crippen LogP contribution in [-0.4, -0.2) is 31.6 Å². The predicted octanol–water partition coefficient (Wildman–Crippen LogP) is -0.985. The highest BCUT2D eigenvalue weighted by Crippen LogP contribution is 2.11. The molecular weight excluding hydrogens is 172 g/mol. The average Bonchev–Trinajstić information content (AvgIpc) is 2.15. The Morgan fingerprint density at radius 1 is 1.54 bits per heavy atom. The van der Waals surface area contributed by atoms with Crippen LogP contribution in [0.3, 0.4) is 0 Å². The van der Waals surface area contributed by atoms with Crippen molar-refractivity contribution in [2.24, 2.45) is 11.7 Å². The van der Waals surface area contributed by atoms with Gasteiger partial charge in [-0.05, 0) is 19.4 Å². The molecule has 1 atom stereocenters. The van der Waals surface area contributed by atoms with Gasteiger partial charge in [0.2, 0.25) is 0 Å². The van der Waals surface area contributed by atoms with E-state index in [9.17, 15) is 9.59 Å². The fourth-order valence-electron chi connectivity index (χ4n) is 1.31. The summed E-state index contributed by atoms with van der Waals surface area (Å²) < 4.78 is 4.69. The second kappa shape index (κ2) is 4.81. The van der Waals surface area contributed by atoms with Crippen molar-refractivity contribution < 1.29 is 14.3 Å². The molecule has 0 bridgehead atoms. The molecule has 1 fully saturated rings. The second-order valence-corrected chi connectivity index (χ2v) is 3.12. The van der Waals surface area contributed by atoms with E-state index in [1.807, 2.05) is 0 Å². The van der Waals surface area contributed by atoms with E-state index < -0.39 is 5.91 Å². The van der Waals surface area contributed by atoms with Crippen molar-refractivity contribution in [2.45, 2.75) is 12.8 Å². The molecule has 1 amide bonds. The summed E-state index contributed by atoms with van der Waals surface area (Å²) in [5, 5.41) is 3.09. The summed E-state index contributed by atoms with van der Waals surface area (Å²) in [7, 11) is 0. The molecule has 0 saturated carbocycles. The summed E-state index contributed by atoms with van der Waals surface area (Å²) in [6, 6.07) is 0. The number of carbonyl (C=O) groups is 2. The Labute approximate surface area is 76.6 Å². The maximum atomic E-state index is 11.2. The lowest BCUT2D eigenvalue weighted by Gasteiger charge is -2.20. The predicted molar refractivity (Wildman–Crippen MR) is 45.7 cm³/mol. The molecule has 1 unspecified atom stereocenters. The third-order valence-corrected chi connectivity index (χ3v) is 1.99. The lowest BCUT2D eigenvalue weighted by Crippen LogP contribution is -2.36. The van der Waals surface area contributed by atoms with E-state index >= 15 is 0 Å². The zero-order valence-corrected chi connectivity index (χ0v) is 7.41. The number of hydrogen-bond donors (Lipinski definition) is 2. The van der Waals surface area contributed by atoms with E-state index in [0.717, 1.165) is 19.4 Å². The van der Waals surface area contributed by atoms with Crippen molar-refractivity contribution >= 4 is 11.9 Å². The van der Waals surface area contributed by atoms with Crippen LogP contribution < -0.4 is 11.1 Å². The van der Waals surface area contributed by atoms with Crippen molar-refractivity contribution in [2.75, 3.05) is 19.7 Å². The number of rotatable bonds is 3. The lowest BCUT2D eigenvalue weighted by molar-refractivity contribution is -0.152. The highest BCUT2D eigenvalue weighted by molar-refractivity contribution is 5.80. The first-order chi connectivity index (χ1) is 6.20. The van der Waals surface area contributed by atoms with Crippen LogP contribution in [0.5, 0.6) is 0 Å². The van der Waals surface area contributed by atoms with Gasteiger partial charge in [-0.15, -0.1) is 0 Å². The van der Waals surface area contributed by atoms with Gasteiger partial charge in [-0.25, -0.2) is 0 Å². The van der Waals surface area contributed by atoms with Gasteiger partial charge in [-0.1, -0.05) is 0 Å². The number of nitrogens with two attached hydrogens (primary N) is 1. The Morgan fingerprint density at radius 2 is 2.31 bits per heavy atom. The molecule has 1 saturated heterocycles. The maximum absolute atomic E-state index is 11.2. The number of nitrogens with one attached hydrogen (secondary N) is 1. The minimum Gasteiger partial charge on any atom is -0.455 e. The molecule has 5 nitrogen and oxygen atoms in total. The molecule has 3 N–H and O–H groups in total. The third-order valence-electron chi connectivity index (χ3n) is 1.99. The van der Waals surface area contributed by atoms with Crippen molar-refractivity contribution in [1.82, 2.24) is 5.32 Å². The van der Waals surface area contributed by atoms with E-state index in [1.54, 1.807) is 0 Å². The average molecular weight is 186 g/mol. The SMILES string of the molecule is NC(=O)COC(=O)C1CCCNC1. The molecule has 74 valence electrons. The van der Waals surface area contributed by atoms with Crippen LogP contribution in [0.4, 0.5) is 0 Å². The number of carbonyl (C=O) groups excluding carboxylic acids is 2. The first-order valence-electron chi connectivity index (χ1n) is 4.36. The first-order valence-corrected chi connectivity index (χ1v) is 4.36. The molecule has 5 heteroatoms. The highest BCUT2D eigenvalue weighted by atomic mass is 16.5. The lowest BCUT2D eigenvalue weighted by atomic mass is 10.0. The van der Waals surface area contributed by atoms with Crippen LogP contribution >= 0.6 is 0 Å². The van der Waals surface area contributed by atoms with Crippen LogP contribution in [0.15, 0.2) is 0 Å². The number of amides is 1. The molecule has 0 aromatic heterocycles. The zero-order valence-electron chi connectivity index (χ0n) is 7.41. The van der Waals surface area contributed by atoms with Gasteiger partial charge < -0.3 is 15.8 Å². The fourth-order valence-corrected chi connectivity index (χ4v) is 1.31. The fraction of sp³-hybridized carbons (Fsp3) is 0.750. The Morgan fingerprint density at radius 3 is 2.85 bits per heavy atom. The number of piperidine rings is 1. The van der Waals surface area contributed by atoms with Gasteiger partial charge in [-0.2, -0.15) is 0 Å². The van der Waals surface area contributed by atoms with Crippen molar-refractivity contribution in [1.29, 1.82) is 0 Å². The standard InChI is InChI=1S/C8H14N2O3/c9-7(11)5-13-8(12)6-2-1-3-10-4-6/h6,10H,1-5H2,(H2,9,11). The Balaban J connectivity index is 2.25. The van der Waals surface area contributed by atoms with Crippen LogP contribution in [0.2, 0.25) is 0 Å². The molecule has 0 aromatic rings. The van der Waals surface area contributed by atoms with E-state index in [4.69, 9.17) is 5.73 Å². The Hall–Kier alpha value is -1.10. The molecule has 0 radical (unpaired) electrons. The topological polar surface area (TPSA) is 81.4 Å². The number of primary amides is 1. The summed E-state index contributed by atoms with van der Waals surface area (Å²) in [5.74, 6) is -1.06. The molecule has 0 spiro atoms. The minimum atomic E-state index is -0.614. The monoisotopic (exact) mass is 186 g/mol. The number of ether oxygens (including phenoxy) is 1. The normalized spacial score (nSPS) is 22.3. The van der Waals surface area contributed by atoms with Gasteiger partial charge in [0.15, 0.2) is 6.61 Å². The number of hydrogen-bond acceptors (Lipinski definition) is 4. The smallest absolute Gasteiger partial charge is 0.310 e. The van der Waals surface area contributed by atoms with Crippen LogP contribution in [0.1, 0.15) is 12.8 Å². The maximum Gasteiger partial charge on any atom is 0.310 e. The van der Waals surface area contributed by atoms with Gasteiger partial charge in [0.25, 0.3) is 5.91 Å². The van der Waals surface area contributed by atoms with Gasteiger partial charge >= 0.3 is 5.97 Å². The molecule has 13 heavy (non-hydrogen) atoms. The third kappa shape index (κ3) is 3.42. The van der Waals surface area contributed by atoms with Crippen molar-refractivity contribution in [3.63, 3.8) is 0 Å². The van der Waals surface area contributed by atoms with E-state index in [2.05, 4.69) is 10.1 Å². The van der Waals surface area contributed by atoms with Gasteiger partial charge in [0, 0.05) is 6.54 Å². The van der Waals surface area contributed by atoms with E-state index in [1.165, 1.54) is 0 Å². The molecular formula is C8H14N2O3. The van der Waals surface area contributed by atoms with E-state index in [0.29, 0.717) is 6.54 Å². The summed E-state index contributed by atoms with van der Waals surface area (Å²) >= 11 is 0. The highest BCUT2D eigenvalue weighted by Gasteiger charge is 2.22. The first kappa shape index (κ1) is 9.98. The summed E-state index contributed by atoms with van der Waals surface area (Å²) in [6.07, 6.45) is 1.79. The van der Waals surface area contributed by atoms with Gasteiger partial charge in [0.05, 0.1) is 5.92 Å². The molecule has 1 aliphatic heterocycles. The van der Waals surface area contributed by atoms with Crippen LogP contribution in [-0.2, 0) is 14.3 Å². The number of esters is 1. The van der Waals surface area contributed by atoms with Crippen LogP contribution in [0.25, 0.3) is 0 Å². The summed E-state index contributed by atoms with van der Waals surface area (Å²) in [5.41, 5.74) is 4.84. The van der Waals surface area contributed by atoms with Crippen molar-refractivity contribution in [3.05, 3.63) is 0 Å². The zero-order chi connectivity index (χ0) is 9.68. The summed E-state index contributed by atoms with van der Waals surface area (Å²) in [6.45, 7) is 1.27. The minimum absolute atomic E-state index is 0.118. The molecule has 1 rings (SSSR count). The summed E-state index contributed by atoms with van der Waals surface area (Å²) in [4.78, 5) is 21.5. The van der Waals surface area contributed by atoms with E-state index in [-0.39, 0.29) is 18.5 Å². The van der Waals surface area contributed by atoms with Gasteiger partial charge in [-0.3, -0.25) is 9.59 Å². The second-order valence-electron chi connectivity index (χ2n) is 3.12. The van der Waals surface area contributed by atoms with Gasteiger partial charge in [0.1, 0.15) is 0 Å². The molecule has 1 heterocycles. The quantitative estimate of drug-likeness (QED) is 0.555.